The normalized spacial score (nSPS) is 38.3. The van der Waals surface area contributed by atoms with Crippen LogP contribution in [0.4, 0.5) is 0 Å². The molecule has 1 aromatic heterocycles. The van der Waals surface area contributed by atoms with E-state index in [0.717, 1.165) is 0 Å². The van der Waals surface area contributed by atoms with E-state index >= 15 is 0 Å². The highest BCUT2D eigenvalue weighted by molar-refractivity contribution is 5.11. The van der Waals surface area contributed by atoms with E-state index < -0.39 is 37.1 Å². The molecule has 0 spiro atoms. The molecule has 1 saturated heterocycles. The third-order valence-corrected chi connectivity index (χ3v) is 2.83. The minimum atomic E-state index is -1.40. The van der Waals surface area contributed by atoms with E-state index in [1.165, 1.54) is 0 Å². The Hall–Kier alpha value is -0.990. The van der Waals surface area contributed by atoms with E-state index in [2.05, 4.69) is 5.16 Å². The first-order valence-electron chi connectivity index (χ1n) is 5.28. The van der Waals surface area contributed by atoms with Crippen LogP contribution in [0.1, 0.15) is 17.6 Å². The highest BCUT2D eigenvalue weighted by Crippen LogP contribution is 2.31. The van der Waals surface area contributed by atoms with Gasteiger partial charge in [0, 0.05) is 6.07 Å². The summed E-state index contributed by atoms with van der Waals surface area (Å²) in [4.78, 5) is 0. The van der Waals surface area contributed by atoms with Gasteiger partial charge in [0.1, 0.15) is 42.0 Å². The second kappa shape index (κ2) is 4.71. The van der Waals surface area contributed by atoms with Crippen molar-refractivity contribution in [2.75, 3.05) is 6.61 Å². The number of hydrogen-bond acceptors (Lipinski definition) is 7. The van der Waals surface area contributed by atoms with Crippen molar-refractivity contribution in [1.82, 2.24) is 5.16 Å². The van der Waals surface area contributed by atoms with Gasteiger partial charge in [0.15, 0.2) is 0 Å². The predicted molar refractivity (Wildman–Crippen MR) is 54.0 cm³/mol. The van der Waals surface area contributed by atoms with Gasteiger partial charge in [-0.25, -0.2) is 0 Å². The topological polar surface area (TPSA) is 116 Å². The highest BCUT2D eigenvalue weighted by Gasteiger charge is 2.44. The van der Waals surface area contributed by atoms with Crippen molar-refractivity contribution >= 4 is 0 Å². The van der Waals surface area contributed by atoms with Gasteiger partial charge in [-0.05, 0) is 6.92 Å². The van der Waals surface area contributed by atoms with E-state index in [1.54, 1.807) is 13.0 Å². The summed E-state index contributed by atoms with van der Waals surface area (Å²) in [5.41, 5.74) is 0.319. The second-order valence-corrected chi connectivity index (χ2v) is 4.11. The van der Waals surface area contributed by atoms with Crippen LogP contribution in [0.15, 0.2) is 10.6 Å². The number of aromatic nitrogens is 1. The molecule has 7 nitrogen and oxygen atoms in total. The standard InChI is InChI=1S/C10H15NO6/c1-4-2-5(11-17-4)10-9(15)8(14)7(13)6(3-12)16-10/h2,6-10,12-15H,3H2,1H3/t6-,7-,8+,9-,10+/m1/s1. The number of rotatable bonds is 2. The molecule has 5 atom stereocenters. The summed E-state index contributed by atoms with van der Waals surface area (Å²) in [6, 6.07) is 1.56. The summed E-state index contributed by atoms with van der Waals surface area (Å²) < 4.78 is 10.1. The Morgan fingerprint density at radius 1 is 1.24 bits per heavy atom. The summed E-state index contributed by atoms with van der Waals surface area (Å²) in [5.74, 6) is 0.539. The Balaban J connectivity index is 2.22. The molecule has 1 aromatic rings. The number of aliphatic hydroxyl groups excluding tert-OH is 4. The third-order valence-electron chi connectivity index (χ3n) is 2.83. The van der Waals surface area contributed by atoms with E-state index in [0.29, 0.717) is 11.5 Å². The zero-order valence-electron chi connectivity index (χ0n) is 9.22. The molecule has 0 amide bonds. The van der Waals surface area contributed by atoms with Crippen LogP contribution in [0.3, 0.4) is 0 Å². The first kappa shape index (κ1) is 12.5. The molecule has 7 heteroatoms. The van der Waals surface area contributed by atoms with Crippen LogP contribution < -0.4 is 0 Å². The summed E-state index contributed by atoms with van der Waals surface area (Å²) >= 11 is 0. The Labute approximate surface area is 97.2 Å². The van der Waals surface area contributed by atoms with Gasteiger partial charge in [-0.1, -0.05) is 5.16 Å². The van der Waals surface area contributed by atoms with Crippen molar-refractivity contribution in [3.63, 3.8) is 0 Å². The fourth-order valence-corrected chi connectivity index (χ4v) is 1.87. The van der Waals surface area contributed by atoms with E-state index in [1.807, 2.05) is 0 Å². The summed E-state index contributed by atoms with van der Waals surface area (Å²) in [6.07, 6.45) is -5.95. The molecule has 1 aliphatic heterocycles. The molecular weight excluding hydrogens is 230 g/mol. The van der Waals surface area contributed by atoms with Crippen LogP contribution in [0.5, 0.6) is 0 Å². The van der Waals surface area contributed by atoms with Crippen LogP contribution >= 0.6 is 0 Å². The molecule has 0 aromatic carbocycles. The number of hydrogen-bond donors (Lipinski definition) is 4. The molecule has 0 saturated carbocycles. The molecule has 4 N–H and O–H groups in total. The quantitative estimate of drug-likeness (QED) is 0.501. The second-order valence-electron chi connectivity index (χ2n) is 4.11. The van der Waals surface area contributed by atoms with Gasteiger partial charge in [-0.2, -0.15) is 0 Å². The third kappa shape index (κ3) is 2.20. The minimum absolute atomic E-state index is 0.319. The van der Waals surface area contributed by atoms with E-state index in [4.69, 9.17) is 14.4 Å². The lowest BCUT2D eigenvalue weighted by Crippen LogP contribution is -2.55. The Morgan fingerprint density at radius 2 is 1.94 bits per heavy atom. The van der Waals surface area contributed by atoms with Gasteiger partial charge in [0.2, 0.25) is 0 Å². The first-order chi connectivity index (χ1) is 8.04. The van der Waals surface area contributed by atoms with Gasteiger partial charge in [-0.3, -0.25) is 0 Å². The van der Waals surface area contributed by atoms with Gasteiger partial charge in [-0.15, -0.1) is 0 Å². The molecule has 0 bridgehead atoms. The fourth-order valence-electron chi connectivity index (χ4n) is 1.87. The molecule has 0 unspecified atom stereocenters. The average Bonchev–Trinajstić information content (AvgIpc) is 2.73. The van der Waals surface area contributed by atoms with Crippen LogP contribution in [-0.4, -0.2) is 56.6 Å². The number of ether oxygens (including phenoxy) is 1. The maximum Gasteiger partial charge on any atom is 0.134 e. The van der Waals surface area contributed by atoms with Crippen molar-refractivity contribution in [2.24, 2.45) is 0 Å². The largest absolute Gasteiger partial charge is 0.394 e. The maximum atomic E-state index is 9.79. The summed E-state index contributed by atoms with van der Waals surface area (Å²) in [7, 11) is 0. The van der Waals surface area contributed by atoms with Gasteiger partial charge in [0.25, 0.3) is 0 Å². The predicted octanol–water partition coefficient (Wildman–Crippen LogP) is -1.50. The van der Waals surface area contributed by atoms with Crippen molar-refractivity contribution in [2.45, 2.75) is 37.4 Å². The number of aryl methyl sites for hydroxylation is 1. The van der Waals surface area contributed by atoms with Crippen LogP contribution in [0.25, 0.3) is 0 Å². The van der Waals surface area contributed by atoms with Gasteiger partial charge >= 0.3 is 0 Å². The summed E-state index contributed by atoms with van der Waals surface area (Å²) in [6.45, 7) is 1.22. The van der Waals surface area contributed by atoms with E-state index in [9.17, 15) is 15.3 Å². The fraction of sp³-hybridized carbons (Fsp3) is 0.700. The smallest absolute Gasteiger partial charge is 0.134 e. The molecule has 2 heterocycles. The molecule has 96 valence electrons. The molecule has 17 heavy (non-hydrogen) atoms. The van der Waals surface area contributed by atoms with Gasteiger partial charge < -0.3 is 29.7 Å². The molecule has 1 fully saturated rings. The average molecular weight is 245 g/mol. The number of aliphatic hydroxyl groups is 4. The van der Waals surface area contributed by atoms with Crippen molar-refractivity contribution in [3.8, 4) is 0 Å². The Morgan fingerprint density at radius 3 is 2.47 bits per heavy atom. The van der Waals surface area contributed by atoms with Crippen molar-refractivity contribution < 1.29 is 29.7 Å². The van der Waals surface area contributed by atoms with E-state index in [-0.39, 0.29) is 0 Å². The van der Waals surface area contributed by atoms with Crippen LogP contribution in [-0.2, 0) is 4.74 Å². The van der Waals surface area contributed by atoms with Crippen molar-refractivity contribution in [1.29, 1.82) is 0 Å². The highest BCUT2D eigenvalue weighted by atomic mass is 16.5. The van der Waals surface area contributed by atoms with Gasteiger partial charge in [0.05, 0.1) is 6.61 Å². The molecular formula is C10H15NO6. The lowest BCUT2D eigenvalue weighted by molar-refractivity contribution is -0.233. The molecule has 1 aliphatic rings. The molecule has 0 aliphatic carbocycles. The Kier molecular flexibility index (Phi) is 3.45. The monoisotopic (exact) mass is 245 g/mol. The zero-order chi connectivity index (χ0) is 12.6. The number of nitrogens with zero attached hydrogens (tertiary/aromatic N) is 1. The maximum absolute atomic E-state index is 9.79. The van der Waals surface area contributed by atoms with Crippen LogP contribution in [0, 0.1) is 6.92 Å². The first-order valence-corrected chi connectivity index (χ1v) is 5.28. The lowest BCUT2D eigenvalue weighted by atomic mass is 9.93. The Bertz CT molecular complexity index is 379. The zero-order valence-corrected chi connectivity index (χ0v) is 9.22. The summed E-state index contributed by atoms with van der Waals surface area (Å²) in [5, 5.41) is 41.7. The molecule has 2 rings (SSSR count). The minimum Gasteiger partial charge on any atom is -0.394 e. The molecule has 0 radical (unpaired) electrons. The van der Waals surface area contributed by atoms with Crippen LogP contribution in [0.2, 0.25) is 0 Å². The van der Waals surface area contributed by atoms with Crippen molar-refractivity contribution in [3.05, 3.63) is 17.5 Å². The lowest BCUT2D eigenvalue weighted by Gasteiger charge is -2.39. The SMILES string of the molecule is Cc1cc([C@@H]2O[C@H](CO)[C@@H](O)[C@H](O)[C@H]2O)no1.